The number of hydrogen-bond donors (Lipinski definition) is 1. The zero-order chi connectivity index (χ0) is 10.8. The van der Waals surface area contributed by atoms with E-state index in [1.807, 2.05) is 0 Å². The maximum absolute atomic E-state index is 5.99. The largest absolute Gasteiger partial charge is 0.486 e. The summed E-state index contributed by atoms with van der Waals surface area (Å²) in [5.41, 5.74) is 2.57. The van der Waals surface area contributed by atoms with Gasteiger partial charge in [0.2, 0.25) is 0 Å². The molecule has 86 valence electrons. The average molecular weight is 219 g/mol. The van der Waals surface area contributed by atoms with Crippen molar-refractivity contribution in [1.29, 1.82) is 0 Å². The van der Waals surface area contributed by atoms with Crippen LogP contribution in [0.2, 0.25) is 0 Å². The Morgan fingerprint density at radius 3 is 3.25 bits per heavy atom. The smallest absolute Gasteiger partial charge is 0.143 e. The highest BCUT2D eigenvalue weighted by Crippen LogP contribution is 2.33. The summed E-state index contributed by atoms with van der Waals surface area (Å²) in [5.74, 6) is 0.993. The number of anilines is 1. The number of rotatable bonds is 2. The van der Waals surface area contributed by atoms with E-state index in [2.05, 4.69) is 23.5 Å². The van der Waals surface area contributed by atoms with Gasteiger partial charge < -0.3 is 14.8 Å². The van der Waals surface area contributed by atoms with Crippen LogP contribution in [0, 0.1) is 0 Å². The molecule has 2 heterocycles. The molecule has 1 saturated heterocycles. The van der Waals surface area contributed by atoms with Crippen molar-refractivity contribution in [2.24, 2.45) is 0 Å². The van der Waals surface area contributed by atoms with Gasteiger partial charge in [-0.05, 0) is 24.5 Å². The van der Waals surface area contributed by atoms with Gasteiger partial charge in [0.25, 0.3) is 0 Å². The molecule has 1 N–H and O–H groups in total. The quantitative estimate of drug-likeness (QED) is 0.827. The molecule has 0 aliphatic carbocycles. The lowest BCUT2D eigenvalue weighted by atomic mass is 10.0. The van der Waals surface area contributed by atoms with Crippen LogP contribution in [0.5, 0.6) is 5.75 Å². The van der Waals surface area contributed by atoms with Gasteiger partial charge in [0.15, 0.2) is 0 Å². The number of ether oxygens (including phenoxy) is 2. The predicted molar refractivity (Wildman–Crippen MR) is 63.1 cm³/mol. The molecule has 16 heavy (non-hydrogen) atoms. The molecule has 0 radical (unpaired) electrons. The summed E-state index contributed by atoms with van der Waals surface area (Å²) in [6.07, 6.45) is 3.60. The second kappa shape index (κ2) is 4.34. The van der Waals surface area contributed by atoms with Crippen molar-refractivity contribution in [1.82, 2.24) is 0 Å². The monoisotopic (exact) mass is 219 g/mol. The van der Waals surface area contributed by atoms with Crippen LogP contribution >= 0.6 is 0 Å². The molecule has 0 saturated carbocycles. The first-order valence-electron chi connectivity index (χ1n) is 6.03. The maximum Gasteiger partial charge on any atom is 0.143 e. The van der Waals surface area contributed by atoms with E-state index in [1.54, 1.807) is 0 Å². The fourth-order valence-corrected chi connectivity index (χ4v) is 2.36. The number of benzene rings is 1. The summed E-state index contributed by atoms with van der Waals surface area (Å²) in [7, 11) is 0. The van der Waals surface area contributed by atoms with Gasteiger partial charge in [-0.2, -0.15) is 0 Å². The van der Waals surface area contributed by atoms with Gasteiger partial charge in [-0.25, -0.2) is 0 Å². The van der Waals surface area contributed by atoms with Crippen LogP contribution in [0.4, 0.5) is 5.69 Å². The van der Waals surface area contributed by atoms with Crippen molar-refractivity contribution in [2.45, 2.75) is 25.4 Å². The molecule has 2 aliphatic rings. The van der Waals surface area contributed by atoms with Gasteiger partial charge in [-0.3, -0.25) is 0 Å². The normalized spacial score (nSPS) is 23.6. The third-order valence-electron chi connectivity index (χ3n) is 3.22. The van der Waals surface area contributed by atoms with Crippen LogP contribution < -0.4 is 10.1 Å². The Hall–Kier alpha value is -1.22. The summed E-state index contributed by atoms with van der Waals surface area (Å²) >= 11 is 0. The van der Waals surface area contributed by atoms with Crippen molar-refractivity contribution in [2.75, 3.05) is 25.1 Å². The third kappa shape index (κ3) is 1.87. The topological polar surface area (TPSA) is 30.5 Å². The SMILES string of the molecule is c1cc2c(c(OC3CCOC3)c1)NCCC2. The lowest BCUT2D eigenvalue weighted by molar-refractivity contribution is 0.141. The molecule has 1 fully saturated rings. The Bertz CT molecular complexity index is 372. The van der Waals surface area contributed by atoms with Gasteiger partial charge in [-0.15, -0.1) is 0 Å². The molecule has 1 aromatic rings. The van der Waals surface area contributed by atoms with Gasteiger partial charge in [0.05, 0.1) is 18.9 Å². The van der Waals surface area contributed by atoms with Crippen molar-refractivity contribution in [3.63, 3.8) is 0 Å². The van der Waals surface area contributed by atoms with Crippen molar-refractivity contribution < 1.29 is 9.47 Å². The van der Waals surface area contributed by atoms with E-state index in [1.165, 1.54) is 17.7 Å². The molecule has 3 heteroatoms. The molecule has 3 rings (SSSR count). The molecular weight excluding hydrogens is 202 g/mol. The number of hydrogen-bond acceptors (Lipinski definition) is 3. The van der Waals surface area contributed by atoms with Crippen molar-refractivity contribution >= 4 is 5.69 Å². The molecule has 3 nitrogen and oxygen atoms in total. The van der Waals surface area contributed by atoms with E-state index in [9.17, 15) is 0 Å². The Balaban J connectivity index is 1.82. The van der Waals surface area contributed by atoms with Crippen LogP contribution in [-0.2, 0) is 11.2 Å². The number of para-hydroxylation sites is 1. The van der Waals surface area contributed by atoms with Gasteiger partial charge in [0, 0.05) is 13.0 Å². The number of aryl methyl sites for hydroxylation is 1. The van der Waals surface area contributed by atoms with Crippen molar-refractivity contribution in [3.8, 4) is 5.75 Å². The summed E-state index contributed by atoms with van der Waals surface area (Å²) in [6, 6.07) is 6.31. The highest BCUT2D eigenvalue weighted by molar-refractivity contribution is 5.63. The van der Waals surface area contributed by atoms with Crippen LogP contribution in [0.25, 0.3) is 0 Å². The van der Waals surface area contributed by atoms with E-state index in [0.29, 0.717) is 0 Å². The van der Waals surface area contributed by atoms with E-state index in [-0.39, 0.29) is 6.10 Å². The van der Waals surface area contributed by atoms with Crippen LogP contribution in [0.15, 0.2) is 18.2 Å². The molecule has 1 atom stereocenters. The van der Waals surface area contributed by atoms with Crippen molar-refractivity contribution in [3.05, 3.63) is 23.8 Å². The van der Waals surface area contributed by atoms with E-state index >= 15 is 0 Å². The third-order valence-corrected chi connectivity index (χ3v) is 3.22. The first-order valence-corrected chi connectivity index (χ1v) is 6.03. The minimum Gasteiger partial charge on any atom is -0.486 e. The zero-order valence-corrected chi connectivity index (χ0v) is 9.37. The second-order valence-electron chi connectivity index (χ2n) is 4.42. The van der Waals surface area contributed by atoms with Crippen LogP contribution in [0.3, 0.4) is 0 Å². The van der Waals surface area contributed by atoms with E-state index < -0.39 is 0 Å². The molecular formula is C13H17NO2. The van der Waals surface area contributed by atoms with Crippen LogP contribution in [0.1, 0.15) is 18.4 Å². The Kier molecular flexibility index (Phi) is 2.70. The summed E-state index contributed by atoms with van der Waals surface area (Å²) < 4.78 is 11.3. The summed E-state index contributed by atoms with van der Waals surface area (Å²) in [4.78, 5) is 0. The molecule has 0 bridgehead atoms. The molecule has 2 aliphatic heterocycles. The fraction of sp³-hybridized carbons (Fsp3) is 0.538. The molecule has 0 spiro atoms. The highest BCUT2D eigenvalue weighted by Gasteiger charge is 2.20. The fourth-order valence-electron chi connectivity index (χ4n) is 2.36. The second-order valence-corrected chi connectivity index (χ2v) is 4.42. The number of nitrogens with one attached hydrogen (secondary N) is 1. The summed E-state index contributed by atoms with van der Waals surface area (Å²) in [6.45, 7) is 2.60. The predicted octanol–water partition coefficient (Wildman–Crippen LogP) is 2.21. The minimum atomic E-state index is 0.232. The Labute approximate surface area is 95.8 Å². The van der Waals surface area contributed by atoms with E-state index in [0.717, 1.165) is 38.3 Å². The minimum absolute atomic E-state index is 0.232. The number of fused-ring (bicyclic) bond motifs is 1. The Morgan fingerprint density at radius 1 is 1.38 bits per heavy atom. The molecule has 0 aromatic heterocycles. The first-order chi connectivity index (χ1) is 7.93. The first kappa shape index (κ1) is 9.97. The van der Waals surface area contributed by atoms with Crippen LogP contribution in [-0.4, -0.2) is 25.9 Å². The molecule has 0 amide bonds. The van der Waals surface area contributed by atoms with Gasteiger partial charge >= 0.3 is 0 Å². The average Bonchev–Trinajstić information content (AvgIpc) is 2.82. The van der Waals surface area contributed by atoms with E-state index in [4.69, 9.17) is 9.47 Å². The van der Waals surface area contributed by atoms with Gasteiger partial charge in [0.1, 0.15) is 11.9 Å². The highest BCUT2D eigenvalue weighted by atomic mass is 16.5. The molecule has 1 unspecified atom stereocenters. The zero-order valence-electron chi connectivity index (χ0n) is 9.37. The maximum atomic E-state index is 5.99. The van der Waals surface area contributed by atoms with Gasteiger partial charge in [-0.1, -0.05) is 12.1 Å². The summed E-state index contributed by atoms with van der Waals surface area (Å²) in [5, 5.41) is 3.44. The standard InChI is InChI=1S/C13H17NO2/c1-3-10-4-2-7-14-13(10)12(5-1)16-11-6-8-15-9-11/h1,3,5,11,14H,2,4,6-9H2. The lowest BCUT2D eigenvalue weighted by Crippen LogP contribution is -2.19. The lowest BCUT2D eigenvalue weighted by Gasteiger charge is -2.22. The Morgan fingerprint density at radius 2 is 2.38 bits per heavy atom. The molecule has 1 aromatic carbocycles.